The van der Waals surface area contributed by atoms with E-state index < -0.39 is 0 Å². The van der Waals surface area contributed by atoms with Gasteiger partial charge in [0, 0.05) is 55.0 Å². The number of ether oxygens (including phenoxy) is 2. The van der Waals surface area contributed by atoms with E-state index in [0.717, 1.165) is 54.9 Å². The third-order valence-electron chi connectivity index (χ3n) is 7.09. The lowest BCUT2D eigenvalue weighted by Gasteiger charge is -2.33. The Balaban J connectivity index is 1.21. The summed E-state index contributed by atoms with van der Waals surface area (Å²) in [6.45, 7) is 3.62. The van der Waals surface area contributed by atoms with Crippen LogP contribution >= 0.6 is 11.3 Å². The smallest absolute Gasteiger partial charge is 0.257 e. The van der Waals surface area contributed by atoms with Crippen molar-refractivity contribution in [2.24, 2.45) is 0 Å². The summed E-state index contributed by atoms with van der Waals surface area (Å²) in [5.74, 6) is -0.174. The molecule has 11 heteroatoms. The molecule has 1 atom stereocenters. The first kappa shape index (κ1) is 27.9. The topological polar surface area (TPSA) is 120 Å². The van der Waals surface area contributed by atoms with Crippen LogP contribution in [-0.4, -0.2) is 77.3 Å². The number of nitrogen functional groups attached to an aromatic ring is 1. The second-order valence-corrected chi connectivity index (χ2v) is 11.0. The molecule has 1 amide bonds. The standard InChI is InChI=1S/C29H35N7O3S/c1-38-14-12-35(13-15-39-2)24-10-11-25-27(17-24)40-29(31-25)32-28(37)22-5-3-4-20(16-22)18-36-19-26(33-34-36)21-6-8-23(30)9-7-21/h3-9,16,19,24H,10-15,17-18,30H2,1-2H3,(H,31,32,37)/t24-/m0/s1. The van der Waals surface area contributed by atoms with Crippen molar-refractivity contribution in [2.45, 2.75) is 31.8 Å². The lowest BCUT2D eigenvalue weighted by Crippen LogP contribution is -2.42. The van der Waals surface area contributed by atoms with Gasteiger partial charge in [0.2, 0.25) is 0 Å². The molecule has 10 nitrogen and oxygen atoms in total. The highest BCUT2D eigenvalue weighted by atomic mass is 32.1. The number of nitrogens with two attached hydrogens (primary N) is 1. The minimum absolute atomic E-state index is 0.174. The van der Waals surface area contributed by atoms with E-state index in [0.29, 0.717) is 42.2 Å². The van der Waals surface area contributed by atoms with Crippen LogP contribution < -0.4 is 11.1 Å². The number of aromatic nitrogens is 4. The molecule has 0 aliphatic heterocycles. The summed E-state index contributed by atoms with van der Waals surface area (Å²) in [7, 11) is 3.46. The summed E-state index contributed by atoms with van der Waals surface area (Å²) in [6, 6.07) is 15.5. The molecule has 210 valence electrons. The minimum atomic E-state index is -0.174. The number of methoxy groups -OCH3 is 2. The number of nitrogens with one attached hydrogen (secondary N) is 1. The molecular weight excluding hydrogens is 526 g/mol. The van der Waals surface area contributed by atoms with Gasteiger partial charge in [-0.15, -0.1) is 16.4 Å². The highest BCUT2D eigenvalue weighted by Gasteiger charge is 2.27. The van der Waals surface area contributed by atoms with Gasteiger partial charge < -0.3 is 15.2 Å². The fraction of sp³-hybridized carbons (Fsp3) is 0.379. The fourth-order valence-electron chi connectivity index (χ4n) is 4.95. The van der Waals surface area contributed by atoms with Crippen LogP contribution in [0.15, 0.2) is 54.7 Å². The molecule has 0 fully saturated rings. The zero-order chi connectivity index (χ0) is 27.9. The highest BCUT2D eigenvalue weighted by molar-refractivity contribution is 7.15. The van der Waals surface area contributed by atoms with Crippen molar-refractivity contribution in [1.82, 2.24) is 24.9 Å². The van der Waals surface area contributed by atoms with E-state index >= 15 is 0 Å². The summed E-state index contributed by atoms with van der Waals surface area (Å²) >= 11 is 1.57. The van der Waals surface area contributed by atoms with Crippen molar-refractivity contribution in [2.75, 3.05) is 51.6 Å². The maximum absolute atomic E-state index is 13.1. The first-order valence-electron chi connectivity index (χ1n) is 13.4. The number of nitrogens with zero attached hydrogens (tertiary/aromatic N) is 5. The van der Waals surface area contributed by atoms with Crippen LogP contribution in [0.5, 0.6) is 0 Å². The van der Waals surface area contributed by atoms with Gasteiger partial charge in [-0.1, -0.05) is 29.5 Å². The lowest BCUT2D eigenvalue weighted by molar-refractivity contribution is 0.0825. The molecule has 0 bridgehead atoms. The van der Waals surface area contributed by atoms with Gasteiger partial charge in [-0.2, -0.15) is 0 Å². The van der Waals surface area contributed by atoms with Gasteiger partial charge in [0.05, 0.1) is 31.6 Å². The maximum atomic E-state index is 13.1. The van der Waals surface area contributed by atoms with Gasteiger partial charge in [-0.05, 0) is 49.1 Å². The molecular formula is C29H35N7O3S. The maximum Gasteiger partial charge on any atom is 0.257 e. The number of carbonyl (C=O) groups is 1. The van der Waals surface area contributed by atoms with Gasteiger partial charge in [-0.3, -0.25) is 15.0 Å². The molecule has 0 radical (unpaired) electrons. The lowest BCUT2D eigenvalue weighted by atomic mass is 9.96. The highest BCUT2D eigenvalue weighted by Crippen LogP contribution is 2.32. The van der Waals surface area contributed by atoms with E-state index in [2.05, 4.69) is 20.5 Å². The molecule has 0 unspecified atom stereocenters. The van der Waals surface area contributed by atoms with Gasteiger partial charge in [0.25, 0.3) is 5.91 Å². The van der Waals surface area contributed by atoms with Crippen LogP contribution in [0.4, 0.5) is 10.8 Å². The quantitative estimate of drug-likeness (QED) is 0.251. The predicted molar refractivity (Wildman–Crippen MR) is 157 cm³/mol. The van der Waals surface area contributed by atoms with Gasteiger partial charge in [0.15, 0.2) is 5.13 Å². The molecule has 3 N–H and O–H groups in total. The summed E-state index contributed by atoms with van der Waals surface area (Å²) in [4.78, 5) is 21.6. The molecule has 0 spiro atoms. The Morgan fingerprint density at radius 1 is 1.15 bits per heavy atom. The average Bonchev–Trinajstić information content (AvgIpc) is 3.60. The Morgan fingerprint density at radius 3 is 2.67 bits per heavy atom. The number of hydrogen-bond acceptors (Lipinski definition) is 9. The van der Waals surface area contributed by atoms with Gasteiger partial charge in [0.1, 0.15) is 5.69 Å². The molecule has 4 aromatic rings. The van der Waals surface area contributed by atoms with Crippen molar-refractivity contribution in [1.29, 1.82) is 0 Å². The summed E-state index contributed by atoms with van der Waals surface area (Å²) in [5, 5.41) is 12.2. The molecule has 0 saturated carbocycles. The Morgan fingerprint density at radius 2 is 1.93 bits per heavy atom. The number of amides is 1. The summed E-state index contributed by atoms with van der Waals surface area (Å²) in [5.41, 5.74) is 10.8. The number of thiazole rings is 1. The van der Waals surface area contributed by atoms with Crippen LogP contribution in [0, 0.1) is 0 Å². The average molecular weight is 562 g/mol. The van der Waals surface area contributed by atoms with E-state index in [1.54, 1.807) is 30.2 Å². The first-order valence-corrected chi connectivity index (χ1v) is 14.2. The van der Waals surface area contributed by atoms with E-state index in [4.69, 9.17) is 20.2 Å². The fourth-order valence-corrected chi connectivity index (χ4v) is 6.02. The zero-order valence-corrected chi connectivity index (χ0v) is 23.7. The van der Waals surface area contributed by atoms with Gasteiger partial charge in [-0.25, -0.2) is 9.67 Å². The molecule has 0 saturated heterocycles. The number of fused-ring (bicyclic) bond motifs is 1. The van der Waals surface area contributed by atoms with E-state index in [1.165, 1.54) is 4.88 Å². The number of benzene rings is 2. The molecule has 5 rings (SSSR count). The predicted octanol–water partition coefficient (Wildman–Crippen LogP) is 3.74. The van der Waals surface area contributed by atoms with E-state index in [1.807, 2.05) is 54.7 Å². The monoisotopic (exact) mass is 561 g/mol. The SMILES string of the molecule is COCCN(CCOC)[C@H]1CCc2nc(NC(=O)c3cccc(Cn4cc(-c5ccc(N)cc5)nn4)c3)sc2C1. The Bertz CT molecular complexity index is 1410. The Hall–Kier alpha value is -3.64. The third kappa shape index (κ3) is 6.92. The van der Waals surface area contributed by atoms with Crippen molar-refractivity contribution in [3.63, 3.8) is 0 Å². The molecule has 2 aromatic carbocycles. The molecule has 1 aliphatic carbocycles. The number of aryl methyl sites for hydroxylation is 1. The Kier molecular flexibility index (Phi) is 9.17. The van der Waals surface area contributed by atoms with Crippen molar-refractivity contribution in [3.05, 3.63) is 76.4 Å². The minimum Gasteiger partial charge on any atom is -0.399 e. The second kappa shape index (κ2) is 13.1. The summed E-state index contributed by atoms with van der Waals surface area (Å²) in [6.07, 6.45) is 4.73. The number of rotatable bonds is 12. The first-order chi connectivity index (χ1) is 19.5. The Labute approximate surface area is 238 Å². The normalized spacial score (nSPS) is 14.8. The third-order valence-corrected chi connectivity index (χ3v) is 8.13. The van der Waals surface area contributed by atoms with Crippen molar-refractivity contribution < 1.29 is 14.3 Å². The molecule has 1 aliphatic rings. The van der Waals surface area contributed by atoms with E-state index in [-0.39, 0.29) is 5.91 Å². The number of anilines is 2. The molecule has 40 heavy (non-hydrogen) atoms. The molecule has 2 heterocycles. The van der Waals surface area contributed by atoms with Crippen LogP contribution in [0.3, 0.4) is 0 Å². The van der Waals surface area contributed by atoms with Crippen molar-refractivity contribution >= 4 is 28.1 Å². The van der Waals surface area contributed by atoms with Crippen LogP contribution in [0.2, 0.25) is 0 Å². The van der Waals surface area contributed by atoms with Gasteiger partial charge >= 0.3 is 0 Å². The van der Waals surface area contributed by atoms with Crippen molar-refractivity contribution in [3.8, 4) is 11.3 Å². The van der Waals surface area contributed by atoms with Crippen LogP contribution in [0.25, 0.3) is 11.3 Å². The summed E-state index contributed by atoms with van der Waals surface area (Å²) < 4.78 is 12.4. The molecule has 2 aromatic heterocycles. The van der Waals surface area contributed by atoms with E-state index in [9.17, 15) is 4.79 Å². The van der Waals surface area contributed by atoms with Crippen LogP contribution in [-0.2, 0) is 28.9 Å². The largest absolute Gasteiger partial charge is 0.399 e. The number of carbonyl (C=O) groups excluding carboxylic acids is 1. The van der Waals surface area contributed by atoms with Crippen LogP contribution in [0.1, 0.15) is 32.9 Å². The second-order valence-electron chi connectivity index (χ2n) is 9.88. The number of hydrogen-bond donors (Lipinski definition) is 2. The zero-order valence-electron chi connectivity index (χ0n) is 22.9.